The molecule has 0 N–H and O–H groups in total. The van der Waals surface area contributed by atoms with Crippen LogP contribution in [0.2, 0.25) is 0 Å². The summed E-state index contributed by atoms with van der Waals surface area (Å²) in [6.45, 7) is 1.94. The Kier molecular flexibility index (Phi) is 3.21. The Bertz CT molecular complexity index is 735. The van der Waals surface area contributed by atoms with Crippen molar-refractivity contribution in [3.05, 3.63) is 66.0 Å². The Labute approximate surface area is 116 Å². The third-order valence-corrected chi connectivity index (χ3v) is 3.20. The number of aldehydes is 1. The number of nitrogens with zero attached hydrogens (tertiary/aromatic N) is 2. The van der Waals surface area contributed by atoms with Gasteiger partial charge in [0, 0.05) is 6.20 Å². The van der Waals surface area contributed by atoms with Gasteiger partial charge in [0.2, 0.25) is 5.88 Å². The van der Waals surface area contributed by atoms with Crippen LogP contribution in [0.25, 0.3) is 5.65 Å². The van der Waals surface area contributed by atoms with Crippen LogP contribution in [0.4, 0.5) is 0 Å². The van der Waals surface area contributed by atoms with Crippen molar-refractivity contribution in [2.75, 3.05) is 0 Å². The van der Waals surface area contributed by atoms with Crippen molar-refractivity contribution in [2.24, 2.45) is 0 Å². The first-order valence-corrected chi connectivity index (χ1v) is 6.43. The van der Waals surface area contributed by atoms with Gasteiger partial charge >= 0.3 is 0 Å². The van der Waals surface area contributed by atoms with Crippen molar-refractivity contribution in [1.82, 2.24) is 9.38 Å². The molecule has 1 atom stereocenters. The summed E-state index contributed by atoms with van der Waals surface area (Å²) in [6, 6.07) is 15.4. The van der Waals surface area contributed by atoms with Crippen molar-refractivity contribution < 1.29 is 9.53 Å². The molecule has 0 amide bonds. The summed E-state index contributed by atoms with van der Waals surface area (Å²) in [6.07, 6.45) is 2.40. The van der Waals surface area contributed by atoms with Crippen molar-refractivity contribution >= 4 is 11.9 Å². The number of fused-ring (bicyclic) bond motifs is 1. The Hall–Kier alpha value is -2.62. The normalized spacial score (nSPS) is 12.2. The average molecular weight is 266 g/mol. The number of rotatable bonds is 4. The lowest BCUT2D eigenvalue weighted by Crippen LogP contribution is -2.05. The fourth-order valence-corrected chi connectivity index (χ4v) is 2.15. The number of benzene rings is 1. The third kappa shape index (κ3) is 2.16. The predicted octanol–water partition coefficient (Wildman–Crippen LogP) is 3.29. The summed E-state index contributed by atoms with van der Waals surface area (Å²) >= 11 is 0. The Balaban J connectivity index is 1.96. The zero-order valence-electron chi connectivity index (χ0n) is 11.1. The first-order valence-electron chi connectivity index (χ1n) is 6.43. The molecule has 0 bridgehead atoms. The Morgan fingerprint density at radius 1 is 1.15 bits per heavy atom. The van der Waals surface area contributed by atoms with E-state index in [0.29, 0.717) is 17.2 Å². The van der Waals surface area contributed by atoms with Crippen LogP contribution in [0.3, 0.4) is 0 Å². The van der Waals surface area contributed by atoms with Gasteiger partial charge in [0.25, 0.3) is 0 Å². The Morgan fingerprint density at radius 3 is 2.65 bits per heavy atom. The summed E-state index contributed by atoms with van der Waals surface area (Å²) in [5.74, 6) is 0.363. The van der Waals surface area contributed by atoms with Gasteiger partial charge in [0.1, 0.15) is 17.4 Å². The molecule has 0 aliphatic rings. The van der Waals surface area contributed by atoms with Gasteiger partial charge < -0.3 is 4.74 Å². The van der Waals surface area contributed by atoms with Gasteiger partial charge in [-0.05, 0) is 24.6 Å². The molecule has 0 fully saturated rings. The number of imidazole rings is 1. The van der Waals surface area contributed by atoms with Crippen molar-refractivity contribution in [2.45, 2.75) is 13.0 Å². The fourth-order valence-electron chi connectivity index (χ4n) is 2.15. The van der Waals surface area contributed by atoms with Gasteiger partial charge in [0.05, 0.1) is 0 Å². The van der Waals surface area contributed by atoms with Crippen molar-refractivity contribution in [3.8, 4) is 5.88 Å². The minimum atomic E-state index is -0.167. The zero-order chi connectivity index (χ0) is 13.9. The van der Waals surface area contributed by atoms with Gasteiger partial charge in [-0.15, -0.1) is 0 Å². The van der Waals surface area contributed by atoms with E-state index in [0.717, 1.165) is 11.8 Å². The van der Waals surface area contributed by atoms with Crippen LogP contribution in [-0.4, -0.2) is 15.7 Å². The number of pyridine rings is 1. The molecule has 20 heavy (non-hydrogen) atoms. The van der Waals surface area contributed by atoms with Gasteiger partial charge in [-0.25, -0.2) is 0 Å². The molecule has 0 saturated heterocycles. The lowest BCUT2D eigenvalue weighted by molar-refractivity contribution is 0.111. The van der Waals surface area contributed by atoms with Crippen LogP contribution in [0.15, 0.2) is 54.7 Å². The lowest BCUT2D eigenvalue weighted by Gasteiger charge is -2.13. The highest BCUT2D eigenvalue weighted by molar-refractivity contribution is 5.78. The monoisotopic (exact) mass is 266 g/mol. The maximum atomic E-state index is 11.3. The van der Waals surface area contributed by atoms with E-state index in [1.807, 2.05) is 55.5 Å². The van der Waals surface area contributed by atoms with E-state index in [1.165, 1.54) is 0 Å². The van der Waals surface area contributed by atoms with E-state index in [1.54, 1.807) is 10.6 Å². The zero-order valence-corrected chi connectivity index (χ0v) is 11.1. The van der Waals surface area contributed by atoms with Gasteiger partial charge in [-0.3, -0.25) is 9.20 Å². The highest BCUT2D eigenvalue weighted by Crippen LogP contribution is 2.24. The van der Waals surface area contributed by atoms with Crippen molar-refractivity contribution in [1.29, 1.82) is 0 Å². The summed E-state index contributed by atoms with van der Waals surface area (Å²) in [5.41, 5.74) is 2.18. The first-order chi connectivity index (χ1) is 9.79. The smallest absolute Gasteiger partial charge is 0.244 e. The first kappa shape index (κ1) is 12.4. The molecule has 0 radical (unpaired) electrons. The second-order valence-corrected chi connectivity index (χ2v) is 4.52. The molecule has 2 heterocycles. The van der Waals surface area contributed by atoms with Gasteiger partial charge in [0.15, 0.2) is 6.29 Å². The second-order valence-electron chi connectivity index (χ2n) is 4.52. The van der Waals surface area contributed by atoms with E-state index < -0.39 is 0 Å². The SMILES string of the molecule is CC(Oc1nc2ccccn2c1C=O)c1ccccc1. The standard InChI is InChI=1S/C16H14N2O2/c1-12(13-7-3-2-4-8-13)20-16-14(11-19)18-10-6-5-9-15(18)17-16/h2-12H,1H3. The molecule has 0 saturated carbocycles. The molecule has 1 unspecified atom stereocenters. The lowest BCUT2D eigenvalue weighted by atomic mass is 10.1. The fraction of sp³-hybridized carbons (Fsp3) is 0.125. The highest BCUT2D eigenvalue weighted by atomic mass is 16.5. The third-order valence-electron chi connectivity index (χ3n) is 3.20. The van der Waals surface area contributed by atoms with E-state index in [9.17, 15) is 4.79 Å². The average Bonchev–Trinajstić information content (AvgIpc) is 2.85. The number of hydrogen-bond donors (Lipinski definition) is 0. The Morgan fingerprint density at radius 2 is 1.90 bits per heavy atom. The predicted molar refractivity (Wildman–Crippen MR) is 76.1 cm³/mol. The van der Waals surface area contributed by atoms with Crippen LogP contribution < -0.4 is 4.74 Å². The van der Waals surface area contributed by atoms with Crippen molar-refractivity contribution in [3.63, 3.8) is 0 Å². The molecule has 4 nitrogen and oxygen atoms in total. The molecular formula is C16H14N2O2. The largest absolute Gasteiger partial charge is 0.468 e. The second kappa shape index (κ2) is 5.17. The van der Waals surface area contributed by atoms with E-state index in [2.05, 4.69) is 4.98 Å². The molecule has 3 aromatic rings. The molecule has 2 aromatic heterocycles. The van der Waals surface area contributed by atoms with E-state index >= 15 is 0 Å². The maximum absolute atomic E-state index is 11.3. The van der Waals surface area contributed by atoms with Crippen LogP contribution in [0, 0.1) is 0 Å². The number of aromatic nitrogens is 2. The summed E-state index contributed by atoms with van der Waals surface area (Å²) in [4.78, 5) is 15.6. The van der Waals surface area contributed by atoms with E-state index in [-0.39, 0.29) is 6.10 Å². The summed E-state index contributed by atoms with van der Waals surface area (Å²) < 4.78 is 7.57. The number of ether oxygens (including phenoxy) is 1. The molecule has 4 heteroatoms. The van der Waals surface area contributed by atoms with Gasteiger partial charge in [-0.2, -0.15) is 4.98 Å². The van der Waals surface area contributed by atoms with Gasteiger partial charge in [-0.1, -0.05) is 36.4 Å². The minimum absolute atomic E-state index is 0.167. The van der Waals surface area contributed by atoms with Crippen LogP contribution in [0.5, 0.6) is 5.88 Å². The van der Waals surface area contributed by atoms with Crippen LogP contribution in [-0.2, 0) is 0 Å². The highest BCUT2D eigenvalue weighted by Gasteiger charge is 2.16. The molecule has 0 aliphatic heterocycles. The maximum Gasteiger partial charge on any atom is 0.244 e. The molecule has 1 aromatic carbocycles. The topological polar surface area (TPSA) is 43.6 Å². The molecule has 100 valence electrons. The van der Waals surface area contributed by atoms with Crippen LogP contribution >= 0.6 is 0 Å². The van der Waals surface area contributed by atoms with E-state index in [4.69, 9.17) is 4.74 Å². The summed E-state index contributed by atoms with van der Waals surface area (Å²) in [5, 5.41) is 0. The number of hydrogen-bond acceptors (Lipinski definition) is 3. The number of carbonyl (C=O) groups excluding carboxylic acids is 1. The molecule has 0 aliphatic carbocycles. The molecule has 0 spiro atoms. The summed E-state index contributed by atoms with van der Waals surface area (Å²) in [7, 11) is 0. The van der Waals surface area contributed by atoms with Crippen LogP contribution in [0.1, 0.15) is 29.1 Å². The quantitative estimate of drug-likeness (QED) is 0.681. The molecule has 3 rings (SSSR count). The molecular weight excluding hydrogens is 252 g/mol. The number of carbonyl (C=O) groups is 1. The minimum Gasteiger partial charge on any atom is -0.468 e.